The van der Waals surface area contributed by atoms with E-state index >= 15 is 0 Å². The van der Waals surface area contributed by atoms with Gasteiger partial charge in [0, 0.05) is 56.6 Å². The first kappa shape index (κ1) is 27.4. The summed E-state index contributed by atoms with van der Waals surface area (Å²) in [6.07, 6.45) is -4.79. The van der Waals surface area contributed by atoms with Crippen LogP contribution in [0.15, 0.2) is 48.5 Å². The number of hydrogen-bond acceptors (Lipinski definition) is 8. The lowest BCUT2D eigenvalue weighted by Gasteiger charge is -2.35. The molecule has 2 aromatic carbocycles. The zero-order chi connectivity index (χ0) is 28.3. The fourth-order valence-corrected chi connectivity index (χ4v) is 4.12. The first-order chi connectivity index (χ1) is 18.5. The van der Waals surface area contributed by atoms with E-state index < -0.39 is 34.0 Å². The van der Waals surface area contributed by atoms with Crippen molar-refractivity contribution in [1.29, 1.82) is 0 Å². The number of piperazine rings is 1. The molecule has 1 aromatic heterocycles. The van der Waals surface area contributed by atoms with Gasteiger partial charge in [-0.05, 0) is 36.4 Å². The summed E-state index contributed by atoms with van der Waals surface area (Å²) in [5, 5.41) is 16.4. The second kappa shape index (κ2) is 11.0. The molecule has 2 heterocycles. The Balaban J connectivity index is 1.60. The summed E-state index contributed by atoms with van der Waals surface area (Å²) in [6, 6.07) is 9.86. The van der Waals surface area contributed by atoms with E-state index in [0.717, 1.165) is 36.0 Å². The maximum Gasteiger partial charge on any atom is 0.419 e. The summed E-state index contributed by atoms with van der Waals surface area (Å²) >= 11 is 0. The molecule has 0 unspecified atom stereocenters. The molecular formula is C25H24F4N6O4. The quantitative estimate of drug-likeness (QED) is 0.232. The third kappa shape index (κ3) is 6.27. The van der Waals surface area contributed by atoms with Crippen LogP contribution >= 0.6 is 0 Å². The standard InChI is InChI=1S/C25H24F4N6O4/c1-15(36)33-9-11-34(12-10-33)17-4-7-20(22(14-17)39-2)31-23-8-5-18(25(27,28)29)24(32-23)30-16-3-6-19(26)21(13-16)35(37)38/h3-8,13-14H,9-12H2,1-2H3,(H2,30,31,32). The molecular weight excluding hydrogens is 524 g/mol. The number of methoxy groups -OCH3 is 1. The molecule has 0 saturated carbocycles. The molecule has 39 heavy (non-hydrogen) atoms. The third-order valence-corrected chi connectivity index (χ3v) is 6.14. The van der Waals surface area contributed by atoms with Gasteiger partial charge in [0.15, 0.2) is 0 Å². The fourth-order valence-electron chi connectivity index (χ4n) is 4.12. The Morgan fingerprint density at radius 3 is 2.38 bits per heavy atom. The van der Waals surface area contributed by atoms with Crippen LogP contribution in [0.4, 0.5) is 51.9 Å². The first-order valence-corrected chi connectivity index (χ1v) is 11.7. The molecule has 1 amide bonds. The Hall–Kier alpha value is -4.62. The SMILES string of the molecule is COc1cc(N2CCN(C(C)=O)CC2)ccc1Nc1ccc(C(F)(F)F)c(Nc2ccc(F)c([N+](=O)[O-])c2)n1. The molecule has 4 rings (SSSR count). The average Bonchev–Trinajstić information content (AvgIpc) is 2.89. The molecule has 10 nitrogen and oxygen atoms in total. The Morgan fingerprint density at radius 1 is 1.05 bits per heavy atom. The van der Waals surface area contributed by atoms with Crippen LogP contribution in [-0.4, -0.2) is 54.0 Å². The lowest BCUT2D eigenvalue weighted by molar-refractivity contribution is -0.387. The van der Waals surface area contributed by atoms with Gasteiger partial charge in [0.05, 0.1) is 23.3 Å². The number of nitrogens with one attached hydrogen (secondary N) is 2. The number of nitro benzene ring substituents is 1. The minimum absolute atomic E-state index is 0.0160. The summed E-state index contributed by atoms with van der Waals surface area (Å²) in [5.74, 6) is -1.30. The fraction of sp³-hybridized carbons (Fsp3) is 0.280. The predicted molar refractivity (Wildman–Crippen MR) is 136 cm³/mol. The van der Waals surface area contributed by atoms with E-state index in [9.17, 15) is 32.5 Å². The van der Waals surface area contributed by atoms with Crippen LogP contribution in [0.3, 0.4) is 0 Å². The molecule has 2 N–H and O–H groups in total. The summed E-state index contributed by atoms with van der Waals surface area (Å²) in [6.45, 7) is 3.96. The second-order valence-corrected chi connectivity index (χ2v) is 8.64. The number of nitrogens with zero attached hydrogens (tertiary/aromatic N) is 4. The Kier molecular flexibility index (Phi) is 7.74. The number of anilines is 5. The van der Waals surface area contributed by atoms with Crippen LogP contribution in [0.5, 0.6) is 5.75 Å². The van der Waals surface area contributed by atoms with E-state index in [1.54, 1.807) is 17.0 Å². The highest BCUT2D eigenvalue weighted by Crippen LogP contribution is 2.38. The van der Waals surface area contributed by atoms with Crippen LogP contribution in [0.25, 0.3) is 0 Å². The number of aromatic nitrogens is 1. The van der Waals surface area contributed by atoms with Gasteiger partial charge < -0.3 is 25.2 Å². The van der Waals surface area contributed by atoms with Crippen LogP contribution in [-0.2, 0) is 11.0 Å². The normalized spacial score (nSPS) is 13.7. The molecule has 0 bridgehead atoms. The van der Waals surface area contributed by atoms with Gasteiger partial charge in [-0.1, -0.05) is 0 Å². The number of hydrogen-bond donors (Lipinski definition) is 2. The summed E-state index contributed by atoms with van der Waals surface area (Å²) < 4.78 is 60.2. The number of nitro groups is 1. The van der Waals surface area contributed by atoms with Gasteiger partial charge in [-0.15, -0.1) is 0 Å². The average molecular weight is 548 g/mol. The van der Waals surface area contributed by atoms with Gasteiger partial charge in [0.25, 0.3) is 0 Å². The number of carbonyl (C=O) groups excluding carboxylic acids is 1. The van der Waals surface area contributed by atoms with Gasteiger partial charge in [0.1, 0.15) is 17.4 Å². The van der Waals surface area contributed by atoms with Gasteiger partial charge in [-0.2, -0.15) is 17.6 Å². The smallest absolute Gasteiger partial charge is 0.419 e. The maximum atomic E-state index is 13.7. The van der Waals surface area contributed by atoms with Crippen molar-refractivity contribution < 1.29 is 32.0 Å². The highest BCUT2D eigenvalue weighted by molar-refractivity contribution is 5.74. The van der Waals surface area contributed by atoms with Crippen LogP contribution < -0.4 is 20.3 Å². The van der Waals surface area contributed by atoms with Crippen molar-refractivity contribution in [2.45, 2.75) is 13.1 Å². The van der Waals surface area contributed by atoms with E-state index in [-0.39, 0.29) is 17.4 Å². The van der Waals surface area contributed by atoms with Gasteiger partial charge in [0.2, 0.25) is 11.7 Å². The zero-order valence-electron chi connectivity index (χ0n) is 20.9. The Morgan fingerprint density at radius 2 is 1.77 bits per heavy atom. The van der Waals surface area contributed by atoms with E-state index in [2.05, 4.69) is 20.5 Å². The molecule has 1 aliphatic heterocycles. The number of halogens is 4. The molecule has 3 aromatic rings. The van der Waals surface area contributed by atoms with Gasteiger partial charge in [-0.25, -0.2) is 4.98 Å². The minimum Gasteiger partial charge on any atom is -0.494 e. The largest absolute Gasteiger partial charge is 0.494 e. The molecule has 1 saturated heterocycles. The van der Waals surface area contributed by atoms with Crippen LogP contribution in [0.1, 0.15) is 12.5 Å². The number of ether oxygens (including phenoxy) is 1. The lowest BCUT2D eigenvalue weighted by atomic mass is 10.2. The van der Waals surface area contributed by atoms with Gasteiger partial charge in [-0.3, -0.25) is 14.9 Å². The van der Waals surface area contributed by atoms with Crippen molar-refractivity contribution in [2.24, 2.45) is 0 Å². The van der Waals surface area contributed by atoms with Crippen molar-refractivity contribution in [3.63, 3.8) is 0 Å². The van der Waals surface area contributed by atoms with E-state index in [0.29, 0.717) is 37.6 Å². The lowest BCUT2D eigenvalue weighted by Crippen LogP contribution is -2.48. The van der Waals surface area contributed by atoms with Crippen LogP contribution in [0.2, 0.25) is 0 Å². The van der Waals surface area contributed by atoms with Crippen molar-refractivity contribution >= 4 is 40.3 Å². The molecule has 0 atom stereocenters. The first-order valence-electron chi connectivity index (χ1n) is 11.7. The molecule has 0 aliphatic carbocycles. The molecule has 0 spiro atoms. The highest BCUT2D eigenvalue weighted by atomic mass is 19.4. The van der Waals surface area contributed by atoms with Crippen molar-refractivity contribution in [3.05, 3.63) is 70.0 Å². The molecule has 0 radical (unpaired) electrons. The molecule has 206 valence electrons. The summed E-state index contributed by atoms with van der Waals surface area (Å²) in [5.41, 5.74) is -0.882. The highest BCUT2D eigenvalue weighted by Gasteiger charge is 2.35. The summed E-state index contributed by atoms with van der Waals surface area (Å²) in [4.78, 5) is 29.5. The molecule has 1 fully saturated rings. The molecule has 14 heteroatoms. The number of alkyl halides is 3. The number of carbonyl (C=O) groups is 1. The molecule has 1 aliphatic rings. The number of benzene rings is 2. The van der Waals surface area contributed by atoms with Gasteiger partial charge >= 0.3 is 11.9 Å². The minimum atomic E-state index is -4.79. The number of rotatable bonds is 7. The predicted octanol–water partition coefficient (Wildman–Crippen LogP) is 5.31. The number of pyridine rings is 1. The third-order valence-electron chi connectivity index (χ3n) is 6.14. The van der Waals surface area contributed by atoms with E-state index in [1.165, 1.54) is 14.0 Å². The van der Waals surface area contributed by atoms with Crippen molar-refractivity contribution in [3.8, 4) is 5.75 Å². The zero-order valence-corrected chi connectivity index (χ0v) is 20.9. The van der Waals surface area contributed by atoms with E-state index in [4.69, 9.17) is 4.74 Å². The monoisotopic (exact) mass is 548 g/mol. The second-order valence-electron chi connectivity index (χ2n) is 8.64. The Labute approximate surface area is 220 Å². The number of amides is 1. The maximum absolute atomic E-state index is 13.7. The van der Waals surface area contributed by atoms with E-state index in [1.807, 2.05) is 6.07 Å². The Bertz CT molecular complexity index is 1390. The van der Waals surface area contributed by atoms with Crippen molar-refractivity contribution in [2.75, 3.05) is 48.8 Å². The van der Waals surface area contributed by atoms with Crippen molar-refractivity contribution in [1.82, 2.24) is 9.88 Å². The summed E-state index contributed by atoms with van der Waals surface area (Å²) in [7, 11) is 1.45. The topological polar surface area (TPSA) is 113 Å². The van der Waals surface area contributed by atoms with Crippen LogP contribution in [0, 0.1) is 15.9 Å².